The number of fused-ring (bicyclic) bond motifs is 1. The predicted octanol–water partition coefficient (Wildman–Crippen LogP) is 0.813. The Labute approximate surface area is 94.2 Å². The van der Waals surface area contributed by atoms with Gasteiger partial charge in [-0.1, -0.05) is 0 Å². The van der Waals surface area contributed by atoms with Crippen molar-refractivity contribution in [3.63, 3.8) is 0 Å². The summed E-state index contributed by atoms with van der Waals surface area (Å²) < 4.78 is 6.98. The first kappa shape index (κ1) is 10.9. The molecule has 0 saturated heterocycles. The molecule has 0 aromatic carbocycles. The predicted molar refractivity (Wildman–Crippen MR) is 56.8 cm³/mol. The van der Waals surface area contributed by atoms with E-state index in [9.17, 15) is 4.79 Å². The number of hydrogen-bond donors (Lipinski definition) is 0. The molecule has 0 radical (unpaired) electrons. The summed E-state index contributed by atoms with van der Waals surface area (Å²) in [6, 6.07) is 0. The van der Waals surface area contributed by atoms with E-state index in [1.807, 2.05) is 0 Å². The molecule has 0 saturated carbocycles. The highest BCUT2D eigenvalue weighted by atomic mass is 16.5. The molecular formula is C10H16N4O2. The summed E-state index contributed by atoms with van der Waals surface area (Å²) in [7, 11) is 1.70. The number of aromatic nitrogens is 3. The number of rotatable bonds is 3. The minimum absolute atomic E-state index is 0.321. The maximum absolute atomic E-state index is 11.4. The van der Waals surface area contributed by atoms with Crippen LogP contribution in [0.2, 0.25) is 0 Å². The molecule has 1 aromatic heterocycles. The molecule has 6 heteroatoms. The Kier molecular flexibility index (Phi) is 3.07. The minimum Gasteiger partial charge on any atom is -0.450 e. The van der Waals surface area contributed by atoms with Crippen molar-refractivity contribution in [2.24, 2.45) is 0 Å². The zero-order valence-electron chi connectivity index (χ0n) is 9.64. The highest BCUT2D eigenvalue weighted by Crippen LogP contribution is 2.15. The average Bonchev–Trinajstić information content (AvgIpc) is 2.83. The van der Waals surface area contributed by atoms with Crippen LogP contribution in [-0.4, -0.2) is 39.4 Å². The van der Waals surface area contributed by atoms with Gasteiger partial charge in [0.2, 0.25) is 0 Å². The molecule has 0 spiro atoms. The number of carbonyl (C=O) groups is 1. The van der Waals surface area contributed by atoms with Gasteiger partial charge in [0, 0.05) is 20.0 Å². The molecule has 1 aliphatic heterocycles. The van der Waals surface area contributed by atoms with E-state index in [0.717, 1.165) is 31.0 Å². The first-order valence-electron chi connectivity index (χ1n) is 5.51. The molecular weight excluding hydrogens is 208 g/mol. The van der Waals surface area contributed by atoms with E-state index in [1.165, 1.54) is 4.90 Å². The van der Waals surface area contributed by atoms with Gasteiger partial charge < -0.3 is 14.2 Å². The fourth-order valence-electron chi connectivity index (χ4n) is 1.84. The van der Waals surface area contributed by atoms with Crippen LogP contribution in [0.3, 0.4) is 0 Å². The Bertz CT molecular complexity index is 388. The molecule has 16 heavy (non-hydrogen) atoms. The SMILES string of the molecule is CCOC(=O)N(C)Cc1nnc2n1CCC2. The zero-order chi connectivity index (χ0) is 11.5. The molecule has 2 heterocycles. The molecule has 1 aliphatic rings. The van der Waals surface area contributed by atoms with E-state index in [2.05, 4.69) is 14.8 Å². The van der Waals surface area contributed by atoms with E-state index >= 15 is 0 Å². The third-order valence-corrected chi connectivity index (χ3v) is 2.64. The zero-order valence-corrected chi connectivity index (χ0v) is 9.64. The third-order valence-electron chi connectivity index (χ3n) is 2.64. The van der Waals surface area contributed by atoms with Crippen molar-refractivity contribution < 1.29 is 9.53 Å². The van der Waals surface area contributed by atoms with Gasteiger partial charge in [-0.05, 0) is 13.3 Å². The molecule has 0 fully saturated rings. The van der Waals surface area contributed by atoms with Crippen molar-refractivity contribution in [3.05, 3.63) is 11.6 Å². The molecule has 2 rings (SSSR count). The molecule has 1 amide bonds. The summed E-state index contributed by atoms with van der Waals surface area (Å²) in [5.74, 6) is 1.86. The quantitative estimate of drug-likeness (QED) is 0.762. The van der Waals surface area contributed by atoms with Crippen LogP contribution >= 0.6 is 0 Å². The summed E-state index contributed by atoms with van der Waals surface area (Å²) >= 11 is 0. The van der Waals surface area contributed by atoms with Gasteiger partial charge in [0.25, 0.3) is 0 Å². The monoisotopic (exact) mass is 224 g/mol. The molecule has 0 bridgehead atoms. The van der Waals surface area contributed by atoms with E-state index in [-0.39, 0.29) is 6.09 Å². The van der Waals surface area contributed by atoms with Gasteiger partial charge in [-0.3, -0.25) is 0 Å². The molecule has 0 aliphatic carbocycles. The normalized spacial score (nSPS) is 13.6. The van der Waals surface area contributed by atoms with Crippen LogP contribution in [0.1, 0.15) is 25.0 Å². The Balaban J connectivity index is 2.01. The van der Waals surface area contributed by atoms with E-state index in [1.54, 1.807) is 14.0 Å². The maximum Gasteiger partial charge on any atom is 0.409 e. The molecule has 0 atom stereocenters. The van der Waals surface area contributed by atoms with Gasteiger partial charge in [0.15, 0.2) is 5.82 Å². The summed E-state index contributed by atoms with van der Waals surface area (Å²) in [6.45, 7) is 3.59. The van der Waals surface area contributed by atoms with E-state index in [0.29, 0.717) is 13.2 Å². The number of carbonyl (C=O) groups excluding carboxylic acids is 1. The fourth-order valence-corrected chi connectivity index (χ4v) is 1.84. The van der Waals surface area contributed by atoms with Gasteiger partial charge in [-0.15, -0.1) is 10.2 Å². The lowest BCUT2D eigenvalue weighted by atomic mass is 10.4. The summed E-state index contributed by atoms with van der Waals surface area (Å²) in [5, 5.41) is 8.17. The lowest BCUT2D eigenvalue weighted by Gasteiger charge is -2.15. The van der Waals surface area contributed by atoms with Crippen molar-refractivity contribution in [2.45, 2.75) is 32.9 Å². The van der Waals surface area contributed by atoms with Gasteiger partial charge in [0.05, 0.1) is 13.2 Å². The Morgan fingerprint density at radius 1 is 1.56 bits per heavy atom. The summed E-state index contributed by atoms with van der Waals surface area (Å²) in [6.07, 6.45) is 1.77. The van der Waals surface area contributed by atoms with Crippen LogP contribution in [-0.2, 0) is 24.2 Å². The van der Waals surface area contributed by atoms with Crippen LogP contribution in [0.15, 0.2) is 0 Å². The fraction of sp³-hybridized carbons (Fsp3) is 0.700. The molecule has 6 nitrogen and oxygen atoms in total. The van der Waals surface area contributed by atoms with Crippen molar-refractivity contribution >= 4 is 6.09 Å². The van der Waals surface area contributed by atoms with Crippen molar-refractivity contribution in [3.8, 4) is 0 Å². The summed E-state index contributed by atoms with van der Waals surface area (Å²) in [4.78, 5) is 12.9. The molecule has 88 valence electrons. The number of hydrogen-bond acceptors (Lipinski definition) is 4. The second-order valence-electron chi connectivity index (χ2n) is 3.84. The second kappa shape index (κ2) is 4.51. The first-order valence-corrected chi connectivity index (χ1v) is 5.51. The smallest absolute Gasteiger partial charge is 0.409 e. The standard InChI is InChI=1S/C10H16N4O2/c1-3-16-10(15)13(2)7-9-12-11-8-5-4-6-14(8)9/h3-7H2,1-2H3. The van der Waals surface area contributed by atoms with Gasteiger partial charge in [-0.2, -0.15) is 0 Å². The second-order valence-corrected chi connectivity index (χ2v) is 3.84. The van der Waals surface area contributed by atoms with Crippen LogP contribution < -0.4 is 0 Å². The van der Waals surface area contributed by atoms with Crippen LogP contribution in [0.25, 0.3) is 0 Å². The average molecular weight is 224 g/mol. The van der Waals surface area contributed by atoms with Gasteiger partial charge in [0.1, 0.15) is 5.82 Å². The van der Waals surface area contributed by atoms with Gasteiger partial charge in [-0.25, -0.2) is 4.79 Å². The van der Waals surface area contributed by atoms with Crippen molar-refractivity contribution in [1.82, 2.24) is 19.7 Å². The molecule has 0 unspecified atom stereocenters. The van der Waals surface area contributed by atoms with E-state index in [4.69, 9.17) is 4.74 Å². The first-order chi connectivity index (χ1) is 7.72. The highest BCUT2D eigenvalue weighted by molar-refractivity contribution is 5.67. The van der Waals surface area contributed by atoms with Crippen molar-refractivity contribution in [2.75, 3.05) is 13.7 Å². The van der Waals surface area contributed by atoms with Crippen molar-refractivity contribution in [1.29, 1.82) is 0 Å². The lowest BCUT2D eigenvalue weighted by molar-refractivity contribution is 0.113. The Morgan fingerprint density at radius 2 is 2.38 bits per heavy atom. The van der Waals surface area contributed by atoms with Crippen LogP contribution in [0.5, 0.6) is 0 Å². The van der Waals surface area contributed by atoms with Gasteiger partial charge >= 0.3 is 6.09 Å². The summed E-state index contributed by atoms with van der Waals surface area (Å²) in [5.41, 5.74) is 0. The Hall–Kier alpha value is -1.59. The largest absolute Gasteiger partial charge is 0.450 e. The van der Waals surface area contributed by atoms with Crippen LogP contribution in [0, 0.1) is 0 Å². The lowest BCUT2D eigenvalue weighted by Crippen LogP contribution is -2.28. The Morgan fingerprint density at radius 3 is 3.12 bits per heavy atom. The molecule has 0 N–H and O–H groups in total. The maximum atomic E-state index is 11.4. The highest BCUT2D eigenvalue weighted by Gasteiger charge is 2.19. The van der Waals surface area contributed by atoms with Crippen LogP contribution in [0.4, 0.5) is 4.79 Å². The van der Waals surface area contributed by atoms with E-state index < -0.39 is 0 Å². The minimum atomic E-state index is -0.321. The number of nitrogens with zero attached hydrogens (tertiary/aromatic N) is 4. The number of aryl methyl sites for hydroxylation is 1. The number of amides is 1. The topological polar surface area (TPSA) is 60.2 Å². The molecule has 1 aromatic rings. The third kappa shape index (κ3) is 2.00. The number of ether oxygens (including phenoxy) is 1.